The molecule has 0 aliphatic rings. The summed E-state index contributed by atoms with van der Waals surface area (Å²) >= 11 is 0. The van der Waals surface area contributed by atoms with Gasteiger partial charge in [0, 0.05) is 0 Å². The third kappa shape index (κ3) is 6.15. The molecule has 0 saturated heterocycles. The molecular formula is C13H20. The molecule has 1 aromatic rings. The second-order valence-corrected chi connectivity index (χ2v) is 2.94. The number of hydrogen-bond donors (Lipinski definition) is 0. The van der Waals surface area contributed by atoms with Gasteiger partial charge in [0.05, 0.1) is 0 Å². The Morgan fingerprint density at radius 3 is 2.15 bits per heavy atom. The summed E-state index contributed by atoms with van der Waals surface area (Å²) in [6, 6.07) is 10.7. The second-order valence-electron chi connectivity index (χ2n) is 2.94. The van der Waals surface area contributed by atoms with E-state index in [4.69, 9.17) is 0 Å². The number of hydrogen-bond acceptors (Lipinski definition) is 0. The molecule has 0 heteroatoms. The van der Waals surface area contributed by atoms with Crippen LogP contribution >= 0.6 is 0 Å². The van der Waals surface area contributed by atoms with Crippen molar-refractivity contribution < 1.29 is 0 Å². The Morgan fingerprint density at radius 1 is 1.00 bits per heavy atom. The number of benzene rings is 1. The minimum atomic E-state index is 1.24. The van der Waals surface area contributed by atoms with Gasteiger partial charge in [0.25, 0.3) is 0 Å². The minimum Gasteiger partial charge on any atom is -0.106 e. The highest BCUT2D eigenvalue weighted by atomic mass is 13.9. The van der Waals surface area contributed by atoms with E-state index in [-0.39, 0.29) is 0 Å². The summed E-state index contributed by atoms with van der Waals surface area (Å²) in [7, 11) is 0. The van der Waals surface area contributed by atoms with Crippen LogP contribution in [0.5, 0.6) is 0 Å². The molecule has 0 saturated carbocycles. The van der Waals surface area contributed by atoms with Gasteiger partial charge in [-0.1, -0.05) is 50.1 Å². The summed E-state index contributed by atoms with van der Waals surface area (Å²) < 4.78 is 0. The molecule has 0 spiro atoms. The highest BCUT2D eigenvalue weighted by molar-refractivity contribution is 5.14. The molecule has 0 N–H and O–H groups in total. The Kier molecular flexibility index (Phi) is 8.33. The summed E-state index contributed by atoms with van der Waals surface area (Å²) in [5, 5.41) is 0. The quantitative estimate of drug-likeness (QED) is 0.476. The first-order valence-electron chi connectivity index (χ1n) is 4.97. The van der Waals surface area contributed by atoms with E-state index in [0.717, 1.165) is 0 Å². The lowest BCUT2D eigenvalue weighted by atomic mass is 10.1. The van der Waals surface area contributed by atoms with Crippen molar-refractivity contribution in [3.8, 4) is 0 Å². The number of rotatable bonds is 4. The summed E-state index contributed by atoms with van der Waals surface area (Å²) in [6.07, 6.45) is 5.25. The number of unbranched alkanes of at least 4 members (excludes halogenated alkanes) is 2. The summed E-state index contributed by atoms with van der Waals surface area (Å²) in [5.74, 6) is 0. The summed E-state index contributed by atoms with van der Waals surface area (Å²) in [6.45, 7) is 8.24. The Balaban J connectivity index is 0.000000671. The van der Waals surface area contributed by atoms with Gasteiger partial charge in [0.2, 0.25) is 0 Å². The molecule has 0 aliphatic carbocycles. The molecule has 0 radical (unpaired) electrons. The molecule has 0 aromatic heterocycles. The Labute approximate surface area is 82.3 Å². The molecule has 0 aliphatic heterocycles. The van der Waals surface area contributed by atoms with Crippen LogP contribution in [0.2, 0.25) is 0 Å². The Morgan fingerprint density at radius 2 is 1.62 bits per heavy atom. The van der Waals surface area contributed by atoms with Crippen molar-refractivity contribution in [2.45, 2.75) is 32.6 Å². The van der Waals surface area contributed by atoms with Gasteiger partial charge in [-0.3, -0.25) is 0 Å². The smallest absolute Gasteiger partial charge is 0.0279 e. The molecule has 1 rings (SSSR count). The van der Waals surface area contributed by atoms with E-state index in [1.807, 2.05) is 0 Å². The molecule has 0 fully saturated rings. The van der Waals surface area contributed by atoms with Crippen LogP contribution in [0.4, 0.5) is 0 Å². The van der Waals surface area contributed by atoms with Gasteiger partial charge in [0.1, 0.15) is 0 Å². The molecular weight excluding hydrogens is 156 g/mol. The van der Waals surface area contributed by atoms with Crippen molar-refractivity contribution in [2.75, 3.05) is 0 Å². The normalized spacial score (nSPS) is 8.69. The van der Waals surface area contributed by atoms with Crippen molar-refractivity contribution in [1.29, 1.82) is 0 Å². The highest BCUT2D eigenvalue weighted by Crippen LogP contribution is 2.05. The first-order valence-corrected chi connectivity index (χ1v) is 4.97. The predicted octanol–water partition coefficient (Wildman–Crippen LogP) is 4.22. The maximum absolute atomic E-state index is 3.00. The van der Waals surface area contributed by atoms with Crippen LogP contribution in [0, 0.1) is 0 Å². The van der Waals surface area contributed by atoms with E-state index in [0.29, 0.717) is 0 Å². The lowest BCUT2D eigenvalue weighted by Gasteiger charge is -1.98. The average Bonchev–Trinajstić information content (AvgIpc) is 2.23. The number of aryl methyl sites for hydroxylation is 1. The Bertz CT molecular complexity index is 188. The van der Waals surface area contributed by atoms with Crippen LogP contribution in [-0.4, -0.2) is 0 Å². The zero-order valence-corrected chi connectivity index (χ0v) is 8.63. The zero-order chi connectivity index (χ0) is 9.94. The van der Waals surface area contributed by atoms with E-state index in [2.05, 4.69) is 50.4 Å². The van der Waals surface area contributed by atoms with Gasteiger partial charge in [0.15, 0.2) is 0 Å². The van der Waals surface area contributed by atoms with Crippen molar-refractivity contribution in [2.24, 2.45) is 0 Å². The largest absolute Gasteiger partial charge is 0.106 e. The highest BCUT2D eigenvalue weighted by Gasteiger charge is 1.89. The molecule has 1 aromatic carbocycles. The maximum atomic E-state index is 3.00. The van der Waals surface area contributed by atoms with Gasteiger partial charge in [-0.15, -0.1) is 13.2 Å². The molecule has 0 heterocycles. The van der Waals surface area contributed by atoms with Crippen LogP contribution in [0.3, 0.4) is 0 Å². The van der Waals surface area contributed by atoms with E-state index >= 15 is 0 Å². The molecule has 13 heavy (non-hydrogen) atoms. The fraction of sp³-hybridized carbons (Fsp3) is 0.385. The molecule has 0 nitrogen and oxygen atoms in total. The van der Waals surface area contributed by atoms with Crippen LogP contribution < -0.4 is 0 Å². The summed E-state index contributed by atoms with van der Waals surface area (Å²) in [4.78, 5) is 0. The van der Waals surface area contributed by atoms with Crippen LogP contribution in [0.25, 0.3) is 0 Å². The zero-order valence-electron chi connectivity index (χ0n) is 8.63. The van der Waals surface area contributed by atoms with Crippen LogP contribution in [0.1, 0.15) is 31.7 Å². The van der Waals surface area contributed by atoms with Gasteiger partial charge >= 0.3 is 0 Å². The van der Waals surface area contributed by atoms with Gasteiger partial charge in [-0.05, 0) is 18.4 Å². The van der Waals surface area contributed by atoms with Crippen LogP contribution in [0.15, 0.2) is 43.5 Å². The topological polar surface area (TPSA) is 0 Å². The van der Waals surface area contributed by atoms with Crippen molar-refractivity contribution in [3.63, 3.8) is 0 Å². The Hall–Kier alpha value is -1.04. The molecule has 0 bridgehead atoms. The molecule has 0 amide bonds. The standard InChI is InChI=1S/C11H16.C2H4/c1-2-3-5-8-11-9-6-4-7-10-11;1-2/h4,6-7,9-10H,2-3,5,8H2,1H3;1-2H2. The van der Waals surface area contributed by atoms with Gasteiger partial charge < -0.3 is 0 Å². The predicted molar refractivity (Wildman–Crippen MR) is 60.9 cm³/mol. The fourth-order valence-electron chi connectivity index (χ4n) is 1.22. The van der Waals surface area contributed by atoms with Crippen molar-refractivity contribution >= 4 is 0 Å². The van der Waals surface area contributed by atoms with E-state index in [1.165, 1.54) is 31.2 Å². The molecule has 0 unspecified atom stereocenters. The fourth-order valence-corrected chi connectivity index (χ4v) is 1.22. The second kappa shape index (κ2) is 9.05. The SMILES string of the molecule is C=C.CCCCCc1ccccc1. The molecule has 0 atom stereocenters. The third-order valence-corrected chi connectivity index (χ3v) is 1.91. The lowest BCUT2D eigenvalue weighted by molar-refractivity contribution is 0.717. The average molecular weight is 176 g/mol. The van der Waals surface area contributed by atoms with E-state index < -0.39 is 0 Å². The third-order valence-electron chi connectivity index (χ3n) is 1.91. The van der Waals surface area contributed by atoms with Crippen molar-refractivity contribution in [3.05, 3.63) is 49.1 Å². The maximum Gasteiger partial charge on any atom is -0.0279 e. The minimum absolute atomic E-state index is 1.24. The summed E-state index contributed by atoms with van der Waals surface area (Å²) in [5.41, 5.74) is 1.47. The van der Waals surface area contributed by atoms with Gasteiger partial charge in [-0.2, -0.15) is 0 Å². The van der Waals surface area contributed by atoms with Crippen molar-refractivity contribution in [1.82, 2.24) is 0 Å². The first kappa shape index (κ1) is 12.0. The van der Waals surface area contributed by atoms with E-state index in [1.54, 1.807) is 0 Å². The van der Waals surface area contributed by atoms with Gasteiger partial charge in [-0.25, -0.2) is 0 Å². The monoisotopic (exact) mass is 176 g/mol. The first-order chi connectivity index (χ1) is 6.43. The molecule has 72 valence electrons. The lowest BCUT2D eigenvalue weighted by Crippen LogP contribution is -1.83. The van der Waals surface area contributed by atoms with Crippen LogP contribution in [-0.2, 0) is 6.42 Å². The van der Waals surface area contributed by atoms with E-state index in [9.17, 15) is 0 Å².